The van der Waals surface area contributed by atoms with Crippen LogP contribution >= 0.6 is 23.1 Å². The van der Waals surface area contributed by atoms with Gasteiger partial charge in [0.15, 0.2) is 5.76 Å². The number of furan rings is 1. The second-order valence-electron chi connectivity index (χ2n) is 6.03. The van der Waals surface area contributed by atoms with Gasteiger partial charge in [-0.2, -0.15) is 0 Å². The number of aryl methyl sites for hydroxylation is 1. The number of fused-ring (bicyclic) bond motifs is 1. The number of anilines is 1. The van der Waals surface area contributed by atoms with Crippen LogP contribution in [0, 0.1) is 0 Å². The van der Waals surface area contributed by atoms with Crippen LogP contribution in [0.15, 0.2) is 32.5 Å². The van der Waals surface area contributed by atoms with Crippen LogP contribution in [0.2, 0.25) is 0 Å². The van der Waals surface area contributed by atoms with E-state index in [4.69, 9.17) is 14.6 Å². The second kappa shape index (κ2) is 7.20. The summed E-state index contributed by atoms with van der Waals surface area (Å²) in [5.41, 5.74) is 6.94. The molecule has 3 aromatic heterocycles. The Labute approximate surface area is 162 Å². The van der Waals surface area contributed by atoms with Crippen molar-refractivity contribution in [2.45, 2.75) is 36.7 Å². The predicted octanol–water partition coefficient (Wildman–Crippen LogP) is 3.10. The Kier molecular flexibility index (Phi) is 4.75. The number of rotatable bonds is 6. The van der Waals surface area contributed by atoms with Gasteiger partial charge >= 0.3 is 0 Å². The van der Waals surface area contributed by atoms with Gasteiger partial charge in [0, 0.05) is 4.88 Å². The maximum absolute atomic E-state index is 12.6. The number of thiophene rings is 1. The fraction of sp³-hybridized carbons (Fsp3) is 0.294. The highest BCUT2D eigenvalue weighted by Gasteiger charge is 2.27. The molecule has 3 aromatic rings. The molecule has 0 radical (unpaired) electrons. The number of nitrogens with zero attached hydrogens (tertiary/aromatic N) is 2. The number of nitrogens with two attached hydrogens (primary N) is 1. The Morgan fingerprint density at radius 1 is 1.37 bits per heavy atom. The Morgan fingerprint density at radius 2 is 2.22 bits per heavy atom. The van der Waals surface area contributed by atoms with Crippen molar-refractivity contribution < 1.29 is 18.4 Å². The van der Waals surface area contributed by atoms with Gasteiger partial charge < -0.3 is 19.9 Å². The maximum atomic E-state index is 12.6. The smallest absolute Gasteiger partial charge is 0.284 e. The van der Waals surface area contributed by atoms with E-state index in [0.29, 0.717) is 16.3 Å². The Bertz CT molecular complexity index is 993. The fourth-order valence-corrected chi connectivity index (χ4v) is 4.91. The van der Waals surface area contributed by atoms with Gasteiger partial charge in [-0.05, 0) is 43.9 Å². The molecule has 10 heteroatoms. The highest BCUT2D eigenvalue weighted by molar-refractivity contribution is 8.00. The Hall–Kier alpha value is -2.59. The third kappa shape index (κ3) is 3.50. The minimum absolute atomic E-state index is 0.251. The van der Waals surface area contributed by atoms with Crippen molar-refractivity contribution in [1.29, 1.82) is 0 Å². The van der Waals surface area contributed by atoms with Crippen molar-refractivity contribution in [2.75, 3.05) is 5.32 Å². The van der Waals surface area contributed by atoms with E-state index in [1.807, 2.05) is 0 Å². The topological polar surface area (TPSA) is 124 Å². The maximum Gasteiger partial charge on any atom is 0.284 e. The molecule has 8 nitrogen and oxygen atoms in total. The summed E-state index contributed by atoms with van der Waals surface area (Å²) < 4.78 is 10.7. The Morgan fingerprint density at radius 3 is 2.96 bits per heavy atom. The molecule has 0 fully saturated rings. The molecule has 0 saturated carbocycles. The molecule has 0 unspecified atom stereocenters. The zero-order valence-corrected chi connectivity index (χ0v) is 16.0. The molecule has 1 aliphatic rings. The summed E-state index contributed by atoms with van der Waals surface area (Å²) >= 11 is 2.55. The lowest BCUT2D eigenvalue weighted by Crippen LogP contribution is -2.24. The normalized spacial score (nSPS) is 14.1. The molecule has 140 valence electrons. The van der Waals surface area contributed by atoms with Crippen LogP contribution in [-0.4, -0.2) is 27.3 Å². The number of hydrogen-bond acceptors (Lipinski definition) is 8. The van der Waals surface area contributed by atoms with Gasteiger partial charge in [-0.3, -0.25) is 9.59 Å². The number of amides is 2. The average Bonchev–Trinajstić information content (AvgIpc) is 3.38. The van der Waals surface area contributed by atoms with Gasteiger partial charge in [-0.15, -0.1) is 21.5 Å². The van der Waals surface area contributed by atoms with Crippen LogP contribution in [0.5, 0.6) is 0 Å². The lowest BCUT2D eigenvalue weighted by molar-refractivity contribution is -0.115. The molecule has 1 atom stereocenters. The van der Waals surface area contributed by atoms with Gasteiger partial charge in [-0.1, -0.05) is 11.8 Å². The van der Waals surface area contributed by atoms with Gasteiger partial charge in [0.05, 0.1) is 17.1 Å². The van der Waals surface area contributed by atoms with Crippen molar-refractivity contribution >= 4 is 39.9 Å². The zero-order valence-electron chi connectivity index (χ0n) is 14.4. The summed E-state index contributed by atoms with van der Waals surface area (Å²) in [6, 6.07) is 3.43. The number of carbonyl (C=O) groups excluding carboxylic acids is 2. The Balaban J connectivity index is 1.45. The monoisotopic (exact) mass is 404 g/mol. The third-order valence-corrected chi connectivity index (χ3v) is 6.33. The van der Waals surface area contributed by atoms with E-state index in [9.17, 15) is 9.59 Å². The minimum atomic E-state index is -0.509. The van der Waals surface area contributed by atoms with E-state index in [2.05, 4.69) is 15.5 Å². The molecule has 3 heterocycles. The minimum Gasteiger partial charge on any atom is -0.459 e. The molecule has 0 spiro atoms. The van der Waals surface area contributed by atoms with Crippen LogP contribution in [0.1, 0.15) is 34.1 Å². The van der Waals surface area contributed by atoms with Crippen molar-refractivity contribution in [2.24, 2.45) is 5.73 Å². The molecule has 0 bridgehead atoms. The van der Waals surface area contributed by atoms with E-state index in [-0.39, 0.29) is 17.0 Å². The van der Waals surface area contributed by atoms with Crippen LogP contribution < -0.4 is 11.1 Å². The molecule has 1 aliphatic carbocycles. The lowest BCUT2D eigenvalue weighted by atomic mass is 10.1. The van der Waals surface area contributed by atoms with Crippen molar-refractivity contribution in [3.05, 3.63) is 34.4 Å². The largest absolute Gasteiger partial charge is 0.459 e. The molecule has 3 N–H and O–H groups in total. The third-order valence-electron chi connectivity index (χ3n) is 4.19. The van der Waals surface area contributed by atoms with Gasteiger partial charge in [0.1, 0.15) is 5.00 Å². The average molecular weight is 404 g/mol. The molecular formula is C17H16N4O4S2. The van der Waals surface area contributed by atoms with Gasteiger partial charge in [0.25, 0.3) is 17.0 Å². The van der Waals surface area contributed by atoms with Crippen LogP contribution in [-0.2, 0) is 17.6 Å². The molecule has 0 saturated heterocycles. The van der Waals surface area contributed by atoms with E-state index < -0.39 is 11.2 Å². The van der Waals surface area contributed by atoms with E-state index in [1.54, 1.807) is 19.1 Å². The first kappa shape index (κ1) is 17.8. The summed E-state index contributed by atoms with van der Waals surface area (Å²) in [6.45, 7) is 1.72. The van der Waals surface area contributed by atoms with Gasteiger partial charge in [-0.25, -0.2) is 0 Å². The van der Waals surface area contributed by atoms with E-state index in [0.717, 1.165) is 41.5 Å². The first-order chi connectivity index (χ1) is 13.0. The summed E-state index contributed by atoms with van der Waals surface area (Å²) in [5, 5.41) is 10.9. The quantitative estimate of drug-likeness (QED) is 0.605. The van der Waals surface area contributed by atoms with Crippen molar-refractivity contribution in [3.63, 3.8) is 0 Å². The lowest BCUT2D eigenvalue weighted by Gasteiger charge is -2.10. The van der Waals surface area contributed by atoms with E-state index >= 15 is 0 Å². The summed E-state index contributed by atoms with van der Waals surface area (Å²) in [5.74, 6) is -0.0587. The molecule has 2 amide bonds. The summed E-state index contributed by atoms with van der Waals surface area (Å²) in [6.07, 6.45) is 4.26. The molecule has 4 rings (SSSR count). The fourth-order valence-electron chi connectivity index (χ4n) is 2.93. The molecular weight excluding hydrogens is 388 g/mol. The van der Waals surface area contributed by atoms with Crippen molar-refractivity contribution in [3.8, 4) is 11.7 Å². The van der Waals surface area contributed by atoms with Crippen LogP contribution in [0.25, 0.3) is 11.7 Å². The van der Waals surface area contributed by atoms with Crippen LogP contribution in [0.3, 0.4) is 0 Å². The second-order valence-corrected chi connectivity index (χ2v) is 8.42. The van der Waals surface area contributed by atoms with Crippen molar-refractivity contribution in [1.82, 2.24) is 10.2 Å². The van der Waals surface area contributed by atoms with Crippen LogP contribution in [0.4, 0.5) is 5.00 Å². The summed E-state index contributed by atoms with van der Waals surface area (Å²) in [4.78, 5) is 25.5. The molecule has 0 aliphatic heterocycles. The number of nitrogens with one attached hydrogen (secondary N) is 1. The molecule has 27 heavy (non-hydrogen) atoms. The number of thioether (sulfide) groups is 1. The number of hydrogen-bond donors (Lipinski definition) is 2. The predicted molar refractivity (Wildman–Crippen MR) is 101 cm³/mol. The molecule has 0 aromatic carbocycles. The number of carbonyl (C=O) groups is 2. The highest BCUT2D eigenvalue weighted by atomic mass is 32.2. The first-order valence-electron chi connectivity index (χ1n) is 8.32. The standard InChI is InChI=1S/C17H16N4O4S2/c1-8(26-17-21-20-15(25-17)10-5-3-7-24-10)14(23)19-16-12(13(18)22)9-4-2-6-11(9)27-16/h3,5,7-8H,2,4,6H2,1H3,(H2,18,22)(H,19,23)/t8-/m0/s1. The highest BCUT2D eigenvalue weighted by Crippen LogP contribution is 2.39. The number of aromatic nitrogens is 2. The first-order valence-corrected chi connectivity index (χ1v) is 10.0. The summed E-state index contributed by atoms with van der Waals surface area (Å²) in [7, 11) is 0. The number of primary amides is 1. The SMILES string of the molecule is C[C@H](Sc1nnc(-c2ccco2)o1)C(=O)Nc1sc2c(c1C(N)=O)CCC2. The van der Waals surface area contributed by atoms with E-state index in [1.165, 1.54) is 17.6 Å². The zero-order chi connectivity index (χ0) is 19.0. The van der Waals surface area contributed by atoms with Gasteiger partial charge in [0.2, 0.25) is 5.91 Å².